The maximum Gasteiger partial charge on any atom is 0.410 e. The van der Waals surface area contributed by atoms with Crippen LogP contribution in [0.15, 0.2) is 12.3 Å². The van der Waals surface area contributed by atoms with Crippen molar-refractivity contribution in [1.82, 2.24) is 9.88 Å². The molecule has 1 N–H and O–H groups in total. The molecule has 10 heteroatoms. The van der Waals surface area contributed by atoms with Gasteiger partial charge in [-0.1, -0.05) is 0 Å². The Morgan fingerprint density at radius 1 is 1.26 bits per heavy atom. The number of rotatable bonds is 4. The zero-order valence-electron chi connectivity index (χ0n) is 17.9. The van der Waals surface area contributed by atoms with Crippen LogP contribution in [0.5, 0.6) is 0 Å². The van der Waals surface area contributed by atoms with Crippen LogP contribution in [0.25, 0.3) is 10.2 Å². The normalized spacial score (nSPS) is 15.9. The molecule has 3 heterocycles. The van der Waals surface area contributed by atoms with Crippen LogP contribution >= 0.6 is 11.3 Å². The van der Waals surface area contributed by atoms with Gasteiger partial charge in [-0.2, -0.15) is 13.2 Å². The van der Waals surface area contributed by atoms with E-state index in [1.807, 2.05) is 20.8 Å². The predicted octanol–water partition coefficient (Wildman–Crippen LogP) is 5.42. The Bertz CT molecular complexity index is 974. The van der Waals surface area contributed by atoms with Crippen molar-refractivity contribution in [3.8, 4) is 0 Å². The number of amides is 1. The standard InChI is InChI=1S/C21H26F3N3O3S/c1-12(28)16-11-25-18-15(9-14(31-18)10-21(22,23)24)17(16)26-13-5-7-27(8-6-13)19(29)30-20(2,3)4/h9,11,13H,5-8,10H2,1-4H3,(H,25,26). The number of carbonyl (C=O) groups excluding carboxylic acids is 2. The van der Waals surface area contributed by atoms with E-state index < -0.39 is 18.2 Å². The zero-order chi connectivity index (χ0) is 23.0. The first-order valence-corrected chi connectivity index (χ1v) is 10.9. The fourth-order valence-corrected chi connectivity index (χ4v) is 4.52. The smallest absolute Gasteiger partial charge is 0.410 e. The van der Waals surface area contributed by atoms with Crippen molar-refractivity contribution in [3.05, 3.63) is 22.7 Å². The van der Waals surface area contributed by atoms with Gasteiger partial charge in [0.15, 0.2) is 5.78 Å². The molecule has 2 aromatic rings. The van der Waals surface area contributed by atoms with Crippen molar-refractivity contribution < 1.29 is 27.5 Å². The third kappa shape index (κ3) is 6.09. The number of piperidine rings is 1. The van der Waals surface area contributed by atoms with Crippen molar-refractivity contribution >= 4 is 39.1 Å². The summed E-state index contributed by atoms with van der Waals surface area (Å²) in [6.07, 6.45) is -3.04. The average molecular weight is 458 g/mol. The lowest BCUT2D eigenvalue weighted by Gasteiger charge is -2.34. The fourth-order valence-electron chi connectivity index (χ4n) is 3.48. The van der Waals surface area contributed by atoms with Gasteiger partial charge < -0.3 is 15.0 Å². The minimum atomic E-state index is -4.31. The van der Waals surface area contributed by atoms with Crippen molar-refractivity contribution in [2.24, 2.45) is 0 Å². The second-order valence-electron chi connectivity index (χ2n) is 8.71. The molecule has 170 valence electrons. The van der Waals surface area contributed by atoms with Crippen LogP contribution in [0, 0.1) is 0 Å². The summed E-state index contributed by atoms with van der Waals surface area (Å²) >= 11 is 0.978. The number of alkyl halides is 3. The van der Waals surface area contributed by atoms with Gasteiger partial charge in [0.05, 0.1) is 17.7 Å². The van der Waals surface area contributed by atoms with E-state index in [4.69, 9.17) is 4.74 Å². The Morgan fingerprint density at radius 3 is 2.45 bits per heavy atom. The van der Waals surface area contributed by atoms with Crippen LogP contribution < -0.4 is 5.32 Å². The number of nitrogens with one attached hydrogen (secondary N) is 1. The number of carbonyl (C=O) groups is 2. The van der Waals surface area contributed by atoms with Gasteiger partial charge in [-0.25, -0.2) is 9.78 Å². The number of nitrogens with zero attached hydrogens (tertiary/aromatic N) is 2. The van der Waals surface area contributed by atoms with E-state index in [2.05, 4.69) is 10.3 Å². The second kappa shape index (κ2) is 8.64. The monoisotopic (exact) mass is 457 g/mol. The number of Topliss-reactive ketones (excluding diaryl/α,β-unsaturated/α-hetero) is 1. The van der Waals surface area contributed by atoms with E-state index in [9.17, 15) is 22.8 Å². The first kappa shape index (κ1) is 23.3. The molecule has 3 rings (SSSR count). The number of fused-ring (bicyclic) bond motifs is 1. The Hall–Kier alpha value is -2.36. The minimum absolute atomic E-state index is 0.0339. The van der Waals surface area contributed by atoms with Gasteiger partial charge in [0, 0.05) is 35.6 Å². The molecule has 0 unspecified atom stereocenters. The molecule has 0 atom stereocenters. The molecule has 2 aromatic heterocycles. The minimum Gasteiger partial charge on any atom is -0.444 e. The second-order valence-corrected chi connectivity index (χ2v) is 9.83. The van der Waals surface area contributed by atoms with E-state index in [0.29, 0.717) is 47.4 Å². The molecular weight excluding hydrogens is 431 g/mol. The number of thiophene rings is 1. The summed E-state index contributed by atoms with van der Waals surface area (Å²) in [6.45, 7) is 7.81. The number of ether oxygens (including phenoxy) is 1. The van der Waals surface area contributed by atoms with Crippen LogP contribution in [0.2, 0.25) is 0 Å². The van der Waals surface area contributed by atoms with Gasteiger partial charge in [0.2, 0.25) is 0 Å². The van der Waals surface area contributed by atoms with Gasteiger partial charge in [-0.3, -0.25) is 4.79 Å². The quantitative estimate of drug-likeness (QED) is 0.621. The predicted molar refractivity (Wildman–Crippen MR) is 114 cm³/mol. The van der Waals surface area contributed by atoms with Gasteiger partial charge in [-0.15, -0.1) is 11.3 Å². The van der Waals surface area contributed by atoms with E-state index in [-0.39, 0.29) is 22.8 Å². The Morgan fingerprint density at radius 2 is 1.90 bits per heavy atom. The molecule has 0 saturated carbocycles. The summed E-state index contributed by atoms with van der Waals surface area (Å²) in [7, 11) is 0. The summed E-state index contributed by atoms with van der Waals surface area (Å²) in [5, 5.41) is 3.86. The summed E-state index contributed by atoms with van der Waals surface area (Å²) in [6, 6.07) is 1.43. The number of anilines is 1. The van der Waals surface area contributed by atoms with Crippen LogP contribution in [0.4, 0.5) is 23.7 Å². The number of likely N-dealkylation sites (tertiary alicyclic amines) is 1. The first-order chi connectivity index (χ1) is 14.3. The Labute approximate surface area is 182 Å². The van der Waals surface area contributed by atoms with Crippen molar-refractivity contribution in [2.45, 2.75) is 64.8 Å². The highest BCUT2D eigenvalue weighted by Gasteiger charge is 2.30. The topological polar surface area (TPSA) is 71.5 Å². The van der Waals surface area contributed by atoms with E-state index >= 15 is 0 Å². The summed E-state index contributed by atoms with van der Waals surface area (Å²) in [5.74, 6) is -0.216. The molecule has 0 bridgehead atoms. The maximum atomic E-state index is 12.8. The van der Waals surface area contributed by atoms with E-state index in [1.54, 1.807) is 4.90 Å². The Kier molecular flexibility index (Phi) is 6.50. The average Bonchev–Trinajstić information content (AvgIpc) is 3.01. The van der Waals surface area contributed by atoms with Gasteiger partial charge in [-0.05, 0) is 46.6 Å². The summed E-state index contributed by atoms with van der Waals surface area (Å²) in [5.41, 5.74) is 0.287. The van der Waals surface area contributed by atoms with Crippen LogP contribution in [-0.4, -0.2) is 52.7 Å². The highest BCUT2D eigenvalue weighted by molar-refractivity contribution is 7.18. The number of ketones is 1. The third-order valence-electron chi connectivity index (χ3n) is 4.86. The largest absolute Gasteiger partial charge is 0.444 e. The Balaban J connectivity index is 1.78. The van der Waals surface area contributed by atoms with Crippen molar-refractivity contribution in [3.63, 3.8) is 0 Å². The van der Waals surface area contributed by atoms with Crippen molar-refractivity contribution in [1.29, 1.82) is 0 Å². The molecular formula is C21H26F3N3O3S. The molecule has 1 fully saturated rings. The number of hydrogen-bond donors (Lipinski definition) is 1. The lowest BCUT2D eigenvalue weighted by Crippen LogP contribution is -2.44. The molecule has 31 heavy (non-hydrogen) atoms. The highest BCUT2D eigenvalue weighted by Crippen LogP contribution is 2.36. The molecule has 1 saturated heterocycles. The fraction of sp³-hybridized carbons (Fsp3) is 0.571. The van der Waals surface area contributed by atoms with Gasteiger partial charge in [0.1, 0.15) is 10.4 Å². The zero-order valence-corrected chi connectivity index (χ0v) is 18.7. The molecule has 1 amide bonds. The van der Waals surface area contributed by atoms with Crippen molar-refractivity contribution in [2.75, 3.05) is 18.4 Å². The molecule has 0 aromatic carbocycles. The highest BCUT2D eigenvalue weighted by atomic mass is 32.1. The molecule has 0 radical (unpaired) electrons. The van der Waals surface area contributed by atoms with Crippen LogP contribution in [0.1, 0.15) is 55.8 Å². The molecule has 1 aliphatic heterocycles. The number of pyridine rings is 1. The summed E-state index contributed by atoms with van der Waals surface area (Å²) in [4.78, 5) is 30.8. The van der Waals surface area contributed by atoms with Gasteiger partial charge >= 0.3 is 12.3 Å². The third-order valence-corrected chi connectivity index (χ3v) is 5.91. The number of hydrogen-bond acceptors (Lipinski definition) is 6. The molecule has 1 aliphatic rings. The van der Waals surface area contributed by atoms with E-state index in [0.717, 1.165) is 11.3 Å². The number of halogens is 3. The number of aromatic nitrogens is 1. The first-order valence-electron chi connectivity index (χ1n) is 10.1. The van der Waals surface area contributed by atoms with E-state index in [1.165, 1.54) is 19.2 Å². The van der Waals surface area contributed by atoms with Crippen LogP contribution in [-0.2, 0) is 11.2 Å². The summed E-state index contributed by atoms with van der Waals surface area (Å²) < 4.78 is 43.9. The SMILES string of the molecule is CC(=O)c1cnc2sc(CC(F)(F)F)cc2c1NC1CCN(C(=O)OC(C)(C)C)CC1. The molecule has 0 aliphatic carbocycles. The van der Waals surface area contributed by atoms with Gasteiger partial charge in [0.25, 0.3) is 0 Å². The maximum absolute atomic E-state index is 12.8. The molecule has 0 spiro atoms. The van der Waals surface area contributed by atoms with Crippen LogP contribution in [0.3, 0.4) is 0 Å². The lowest BCUT2D eigenvalue weighted by atomic mass is 10.0. The molecule has 6 nitrogen and oxygen atoms in total. The lowest BCUT2D eigenvalue weighted by molar-refractivity contribution is -0.126.